The van der Waals surface area contributed by atoms with Crippen LogP contribution in [0.2, 0.25) is 0 Å². The number of piperazine rings is 1. The van der Waals surface area contributed by atoms with Gasteiger partial charge in [0.15, 0.2) is 5.76 Å². The van der Waals surface area contributed by atoms with Crippen LogP contribution in [0.4, 0.5) is 0 Å². The third-order valence-corrected chi connectivity index (χ3v) is 3.49. The molecule has 20 heavy (non-hydrogen) atoms. The topological polar surface area (TPSA) is 65.1 Å². The Kier molecular flexibility index (Phi) is 3.77. The Morgan fingerprint density at radius 3 is 3.05 bits per heavy atom. The van der Waals surface area contributed by atoms with Crippen LogP contribution in [0.5, 0.6) is 0 Å². The van der Waals surface area contributed by atoms with Gasteiger partial charge in [0.2, 0.25) is 0 Å². The first kappa shape index (κ1) is 12.9. The lowest BCUT2D eigenvalue weighted by molar-refractivity contribution is 0.170. The number of hydrogen-bond acceptors (Lipinski definition) is 5. The molecular weight excluding hydrogens is 252 g/mol. The average molecular weight is 268 g/mol. The minimum atomic E-state index is -0.103. The number of aromatic nitrogens is 1. The van der Waals surface area contributed by atoms with Crippen LogP contribution in [0.1, 0.15) is 5.76 Å². The molecule has 0 saturated carbocycles. The van der Waals surface area contributed by atoms with E-state index >= 15 is 0 Å². The van der Waals surface area contributed by atoms with Crippen molar-refractivity contribution < 1.29 is 4.52 Å². The molecule has 1 atom stereocenters. The van der Waals surface area contributed by atoms with Crippen molar-refractivity contribution in [2.45, 2.75) is 12.6 Å². The maximum Gasteiger partial charge on any atom is 0.151 e. The van der Waals surface area contributed by atoms with E-state index < -0.39 is 0 Å². The molecule has 1 aromatic carbocycles. The summed E-state index contributed by atoms with van der Waals surface area (Å²) < 4.78 is 5.39. The van der Waals surface area contributed by atoms with Crippen LogP contribution in [0.25, 0.3) is 11.3 Å². The van der Waals surface area contributed by atoms with Crippen LogP contribution in [-0.4, -0.2) is 35.7 Å². The second-order valence-corrected chi connectivity index (χ2v) is 4.86. The van der Waals surface area contributed by atoms with Crippen LogP contribution in [0.3, 0.4) is 0 Å². The van der Waals surface area contributed by atoms with Gasteiger partial charge in [-0.1, -0.05) is 35.5 Å². The molecule has 0 spiro atoms. The monoisotopic (exact) mass is 268 g/mol. The molecule has 102 valence electrons. The standard InChI is InChI=1S/C15H16N4O/c16-9-13-10-17-6-7-19(13)11-14-8-15(18-20-14)12-4-2-1-3-5-12/h1-5,8,13,17H,6-7,10-11H2. The number of benzene rings is 1. The zero-order valence-corrected chi connectivity index (χ0v) is 11.1. The van der Waals surface area contributed by atoms with Crippen molar-refractivity contribution in [3.8, 4) is 17.3 Å². The maximum absolute atomic E-state index is 9.14. The van der Waals surface area contributed by atoms with Gasteiger partial charge in [-0.25, -0.2) is 0 Å². The summed E-state index contributed by atoms with van der Waals surface area (Å²) >= 11 is 0. The van der Waals surface area contributed by atoms with Crippen molar-refractivity contribution in [1.82, 2.24) is 15.4 Å². The molecule has 2 aromatic rings. The molecule has 5 nitrogen and oxygen atoms in total. The molecular formula is C15H16N4O. The highest BCUT2D eigenvalue weighted by atomic mass is 16.5. The average Bonchev–Trinajstić information content (AvgIpc) is 2.97. The minimum Gasteiger partial charge on any atom is -0.359 e. The Bertz CT molecular complexity index is 602. The molecule has 1 N–H and O–H groups in total. The molecule has 0 radical (unpaired) electrons. The number of hydrogen-bond donors (Lipinski definition) is 1. The second kappa shape index (κ2) is 5.87. The van der Waals surface area contributed by atoms with Crippen LogP contribution in [-0.2, 0) is 6.54 Å². The summed E-state index contributed by atoms with van der Waals surface area (Å²) in [4.78, 5) is 2.12. The lowest BCUT2D eigenvalue weighted by Crippen LogP contribution is -2.49. The van der Waals surface area contributed by atoms with Gasteiger partial charge in [0, 0.05) is 31.3 Å². The van der Waals surface area contributed by atoms with Gasteiger partial charge in [-0.15, -0.1) is 0 Å². The van der Waals surface area contributed by atoms with Gasteiger partial charge in [0.25, 0.3) is 0 Å². The molecule has 3 rings (SSSR count). The van der Waals surface area contributed by atoms with Gasteiger partial charge in [-0.3, -0.25) is 4.90 Å². The molecule has 1 aliphatic rings. The highest BCUT2D eigenvalue weighted by Gasteiger charge is 2.23. The van der Waals surface area contributed by atoms with E-state index in [2.05, 4.69) is 21.4 Å². The van der Waals surface area contributed by atoms with Gasteiger partial charge in [-0.2, -0.15) is 5.26 Å². The van der Waals surface area contributed by atoms with Gasteiger partial charge in [-0.05, 0) is 0 Å². The Hall–Kier alpha value is -2.16. The molecule has 0 bridgehead atoms. The third-order valence-electron chi connectivity index (χ3n) is 3.49. The van der Waals surface area contributed by atoms with Crippen molar-refractivity contribution in [2.75, 3.05) is 19.6 Å². The van der Waals surface area contributed by atoms with Gasteiger partial charge in [0.1, 0.15) is 11.7 Å². The van der Waals surface area contributed by atoms with Gasteiger partial charge in [0.05, 0.1) is 12.6 Å². The summed E-state index contributed by atoms with van der Waals surface area (Å²) in [7, 11) is 0. The Balaban J connectivity index is 1.73. The fourth-order valence-electron chi connectivity index (χ4n) is 2.40. The minimum absolute atomic E-state index is 0.103. The third kappa shape index (κ3) is 2.72. The predicted octanol–water partition coefficient (Wildman–Crippen LogP) is 1.64. The Morgan fingerprint density at radius 1 is 1.40 bits per heavy atom. The molecule has 0 amide bonds. The van der Waals surface area contributed by atoms with Crippen LogP contribution in [0, 0.1) is 11.3 Å². The van der Waals surface area contributed by atoms with Crippen molar-refractivity contribution in [2.24, 2.45) is 0 Å². The lowest BCUT2D eigenvalue weighted by atomic mass is 10.1. The molecule has 5 heteroatoms. The summed E-state index contributed by atoms with van der Waals surface area (Å²) in [6.45, 7) is 3.08. The second-order valence-electron chi connectivity index (χ2n) is 4.86. The summed E-state index contributed by atoms with van der Waals surface area (Å²) in [6, 6.07) is 14.1. The summed E-state index contributed by atoms with van der Waals surface area (Å²) in [5.41, 5.74) is 1.88. The van der Waals surface area contributed by atoms with E-state index in [-0.39, 0.29) is 6.04 Å². The van der Waals surface area contributed by atoms with Gasteiger partial charge >= 0.3 is 0 Å². The molecule has 0 aliphatic carbocycles. The van der Waals surface area contributed by atoms with Crippen molar-refractivity contribution in [1.29, 1.82) is 5.26 Å². The maximum atomic E-state index is 9.14. The molecule has 1 aliphatic heterocycles. The summed E-state index contributed by atoms with van der Waals surface area (Å²) in [6.07, 6.45) is 0. The zero-order valence-electron chi connectivity index (χ0n) is 11.1. The molecule has 1 unspecified atom stereocenters. The zero-order chi connectivity index (χ0) is 13.8. The van der Waals surface area contributed by atoms with E-state index in [4.69, 9.17) is 9.78 Å². The van der Waals surface area contributed by atoms with Crippen molar-refractivity contribution in [3.05, 3.63) is 42.2 Å². The first-order chi connectivity index (χ1) is 9.86. The Morgan fingerprint density at radius 2 is 2.25 bits per heavy atom. The fraction of sp³-hybridized carbons (Fsp3) is 0.333. The summed E-state index contributed by atoms with van der Waals surface area (Å²) in [5.74, 6) is 0.797. The largest absolute Gasteiger partial charge is 0.359 e. The number of rotatable bonds is 3. The van der Waals surface area contributed by atoms with Crippen LogP contribution >= 0.6 is 0 Å². The Labute approximate surface area is 117 Å². The van der Waals surface area contributed by atoms with E-state index in [1.165, 1.54) is 0 Å². The fourth-order valence-corrected chi connectivity index (χ4v) is 2.40. The number of nitrogens with one attached hydrogen (secondary N) is 1. The summed E-state index contributed by atoms with van der Waals surface area (Å²) in [5, 5.41) is 16.5. The highest BCUT2D eigenvalue weighted by Crippen LogP contribution is 2.20. The normalized spacial score (nSPS) is 19.6. The quantitative estimate of drug-likeness (QED) is 0.916. The SMILES string of the molecule is N#CC1CNCCN1Cc1cc(-c2ccccc2)no1. The van der Waals surface area contributed by atoms with Crippen LogP contribution < -0.4 is 5.32 Å². The highest BCUT2D eigenvalue weighted by molar-refractivity contribution is 5.58. The van der Waals surface area contributed by atoms with Gasteiger partial charge < -0.3 is 9.84 Å². The smallest absolute Gasteiger partial charge is 0.151 e. The van der Waals surface area contributed by atoms with Crippen LogP contribution in [0.15, 0.2) is 40.9 Å². The predicted molar refractivity (Wildman–Crippen MR) is 74.6 cm³/mol. The van der Waals surface area contributed by atoms with E-state index in [0.29, 0.717) is 13.1 Å². The molecule has 1 aromatic heterocycles. The lowest BCUT2D eigenvalue weighted by Gasteiger charge is -2.30. The molecule has 1 saturated heterocycles. The van der Waals surface area contributed by atoms with E-state index in [9.17, 15) is 0 Å². The number of nitriles is 1. The van der Waals surface area contributed by atoms with Crippen molar-refractivity contribution >= 4 is 0 Å². The first-order valence-electron chi connectivity index (χ1n) is 6.72. The molecule has 2 heterocycles. The first-order valence-corrected chi connectivity index (χ1v) is 6.72. The molecule has 1 fully saturated rings. The van der Waals surface area contributed by atoms with Crippen molar-refractivity contribution in [3.63, 3.8) is 0 Å². The van der Waals surface area contributed by atoms with E-state index in [1.54, 1.807) is 0 Å². The van der Waals surface area contributed by atoms with E-state index in [0.717, 1.165) is 30.1 Å². The number of nitrogens with zero attached hydrogens (tertiary/aromatic N) is 3. The van der Waals surface area contributed by atoms with E-state index in [1.807, 2.05) is 36.4 Å².